The third kappa shape index (κ3) is 2.50. The van der Waals surface area contributed by atoms with Crippen LogP contribution in [-0.4, -0.2) is 17.7 Å². The highest BCUT2D eigenvalue weighted by atomic mass is 35.5. The van der Waals surface area contributed by atoms with Gasteiger partial charge >= 0.3 is 5.97 Å². The van der Waals surface area contributed by atoms with Crippen molar-refractivity contribution < 1.29 is 14.6 Å². The van der Waals surface area contributed by atoms with Crippen LogP contribution in [0.3, 0.4) is 0 Å². The van der Waals surface area contributed by atoms with Gasteiger partial charge in [-0.15, -0.1) is 12.4 Å². The number of aromatic carboxylic acids is 1. The van der Waals surface area contributed by atoms with Gasteiger partial charge in [-0.05, 0) is 18.6 Å². The molecule has 3 nitrogen and oxygen atoms in total. The summed E-state index contributed by atoms with van der Waals surface area (Å²) in [5.74, 6) is -0.275. The number of ether oxygens (including phenoxy) is 1. The van der Waals surface area contributed by atoms with Gasteiger partial charge in [-0.2, -0.15) is 0 Å². The molecule has 15 heavy (non-hydrogen) atoms. The van der Waals surface area contributed by atoms with Crippen LogP contribution in [-0.2, 0) is 0 Å². The van der Waals surface area contributed by atoms with Crippen molar-refractivity contribution in [2.45, 2.75) is 6.42 Å². The van der Waals surface area contributed by atoms with E-state index in [1.807, 2.05) is 12.2 Å². The molecule has 1 aliphatic rings. The smallest absolute Gasteiger partial charge is 0.335 e. The lowest BCUT2D eigenvalue weighted by atomic mass is 10.1. The van der Waals surface area contributed by atoms with Crippen LogP contribution < -0.4 is 4.74 Å². The fourth-order valence-corrected chi connectivity index (χ4v) is 1.38. The van der Waals surface area contributed by atoms with Crippen molar-refractivity contribution >= 4 is 24.5 Å². The maximum Gasteiger partial charge on any atom is 0.335 e. The first-order chi connectivity index (χ1) is 6.77. The molecule has 2 rings (SSSR count). The van der Waals surface area contributed by atoms with Gasteiger partial charge in [-0.1, -0.05) is 18.2 Å². The van der Waals surface area contributed by atoms with Gasteiger partial charge in [0, 0.05) is 5.56 Å². The normalized spacial score (nSPS) is 13.1. The molecule has 1 heterocycles. The summed E-state index contributed by atoms with van der Waals surface area (Å²) in [6.07, 6.45) is 4.83. The summed E-state index contributed by atoms with van der Waals surface area (Å²) in [6.45, 7) is 0.604. The first-order valence-corrected chi connectivity index (χ1v) is 4.44. The molecule has 1 aliphatic heterocycles. The molecule has 4 heteroatoms. The predicted molar refractivity (Wildman–Crippen MR) is 59.8 cm³/mol. The molecular weight excluding hydrogens is 216 g/mol. The van der Waals surface area contributed by atoms with Crippen molar-refractivity contribution in [1.29, 1.82) is 0 Å². The number of hydrogen-bond donors (Lipinski definition) is 1. The summed E-state index contributed by atoms with van der Waals surface area (Å²) < 4.78 is 5.41. The van der Waals surface area contributed by atoms with Gasteiger partial charge in [0.25, 0.3) is 0 Å². The van der Waals surface area contributed by atoms with Crippen LogP contribution in [0.25, 0.3) is 6.08 Å². The second-order valence-corrected chi connectivity index (χ2v) is 3.10. The van der Waals surface area contributed by atoms with Crippen LogP contribution in [0.15, 0.2) is 24.3 Å². The number of benzene rings is 1. The molecule has 0 atom stereocenters. The van der Waals surface area contributed by atoms with Gasteiger partial charge in [-0.3, -0.25) is 0 Å². The summed E-state index contributed by atoms with van der Waals surface area (Å²) in [4.78, 5) is 10.7. The molecule has 0 aromatic heterocycles. The van der Waals surface area contributed by atoms with Crippen molar-refractivity contribution in [2.75, 3.05) is 6.61 Å². The first-order valence-electron chi connectivity index (χ1n) is 4.44. The maximum absolute atomic E-state index is 10.7. The summed E-state index contributed by atoms with van der Waals surface area (Å²) in [6, 6.07) is 4.91. The summed E-state index contributed by atoms with van der Waals surface area (Å²) >= 11 is 0. The zero-order chi connectivity index (χ0) is 9.97. The van der Waals surface area contributed by atoms with Gasteiger partial charge in [0.15, 0.2) is 0 Å². The minimum Gasteiger partial charge on any atom is -0.493 e. The lowest BCUT2D eigenvalue weighted by Gasteiger charge is -2.06. The number of carboxylic acid groups (broad SMARTS) is 1. The molecule has 1 N–H and O–H groups in total. The Balaban J connectivity index is 0.00000112. The Morgan fingerprint density at radius 1 is 1.40 bits per heavy atom. The standard InChI is InChI=1S/C11H10O3.ClH/c12-11(13)9-5-4-8-3-1-2-6-14-10(8)7-9;/h1,3-5,7H,2,6H2,(H,12,13);1H. The molecule has 0 fully saturated rings. The van der Waals surface area contributed by atoms with Crippen LogP contribution >= 0.6 is 12.4 Å². The number of carboxylic acids is 1. The van der Waals surface area contributed by atoms with Crippen molar-refractivity contribution in [3.05, 3.63) is 35.4 Å². The van der Waals surface area contributed by atoms with Gasteiger partial charge in [0.05, 0.1) is 12.2 Å². The fourth-order valence-electron chi connectivity index (χ4n) is 1.38. The van der Waals surface area contributed by atoms with E-state index >= 15 is 0 Å². The minimum atomic E-state index is -0.926. The molecule has 0 unspecified atom stereocenters. The highest BCUT2D eigenvalue weighted by Gasteiger charge is 2.09. The Morgan fingerprint density at radius 3 is 2.93 bits per heavy atom. The molecule has 0 saturated heterocycles. The lowest BCUT2D eigenvalue weighted by molar-refractivity contribution is 0.0696. The van der Waals surface area contributed by atoms with Crippen molar-refractivity contribution in [1.82, 2.24) is 0 Å². The summed E-state index contributed by atoms with van der Waals surface area (Å²) in [7, 11) is 0. The Hall–Kier alpha value is -1.48. The molecule has 0 spiro atoms. The van der Waals surface area contributed by atoms with Crippen LogP contribution in [0.1, 0.15) is 22.3 Å². The van der Waals surface area contributed by atoms with E-state index in [0.717, 1.165) is 12.0 Å². The van der Waals surface area contributed by atoms with E-state index in [1.165, 1.54) is 0 Å². The van der Waals surface area contributed by atoms with E-state index < -0.39 is 5.97 Å². The van der Waals surface area contributed by atoms with Crippen molar-refractivity contribution in [3.8, 4) is 5.75 Å². The average Bonchev–Trinajstić information content (AvgIpc) is 2.41. The SMILES string of the molecule is Cl.O=C(O)c1ccc2c(c1)OCCC=C2. The highest BCUT2D eigenvalue weighted by Crippen LogP contribution is 2.24. The van der Waals surface area contributed by atoms with Gasteiger partial charge in [-0.25, -0.2) is 4.79 Å². The molecule has 1 aromatic rings. The van der Waals surface area contributed by atoms with Gasteiger partial charge in [0.2, 0.25) is 0 Å². The molecule has 0 aliphatic carbocycles. The quantitative estimate of drug-likeness (QED) is 0.801. The molecule has 0 radical (unpaired) electrons. The van der Waals surface area contributed by atoms with Crippen LogP contribution in [0.5, 0.6) is 5.75 Å². The predicted octanol–water partition coefficient (Wildman–Crippen LogP) is 2.60. The Labute approximate surface area is 93.8 Å². The monoisotopic (exact) mass is 226 g/mol. The molecule has 80 valence electrons. The molecule has 1 aromatic carbocycles. The second kappa shape index (κ2) is 4.84. The number of halogens is 1. The third-order valence-corrected chi connectivity index (χ3v) is 2.10. The highest BCUT2D eigenvalue weighted by molar-refractivity contribution is 5.88. The molecular formula is C11H11ClO3. The van der Waals surface area contributed by atoms with Crippen LogP contribution in [0.2, 0.25) is 0 Å². The zero-order valence-corrected chi connectivity index (χ0v) is 8.79. The number of rotatable bonds is 1. The van der Waals surface area contributed by atoms with Crippen LogP contribution in [0, 0.1) is 0 Å². The Morgan fingerprint density at radius 2 is 2.20 bits per heavy atom. The topological polar surface area (TPSA) is 46.5 Å². The van der Waals surface area contributed by atoms with E-state index in [1.54, 1.807) is 18.2 Å². The number of carbonyl (C=O) groups is 1. The molecule has 0 bridgehead atoms. The Kier molecular flexibility index (Phi) is 3.74. The molecule has 0 amide bonds. The summed E-state index contributed by atoms with van der Waals surface area (Å²) in [5, 5.41) is 8.78. The van der Waals surface area contributed by atoms with Crippen molar-refractivity contribution in [2.24, 2.45) is 0 Å². The van der Waals surface area contributed by atoms with Gasteiger partial charge < -0.3 is 9.84 Å². The van der Waals surface area contributed by atoms with Crippen molar-refractivity contribution in [3.63, 3.8) is 0 Å². The van der Waals surface area contributed by atoms with Gasteiger partial charge in [0.1, 0.15) is 5.75 Å². The van der Waals surface area contributed by atoms with E-state index in [4.69, 9.17) is 9.84 Å². The first kappa shape index (κ1) is 11.6. The average molecular weight is 227 g/mol. The van der Waals surface area contributed by atoms with E-state index in [0.29, 0.717) is 12.4 Å². The lowest BCUT2D eigenvalue weighted by Crippen LogP contribution is -1.99. The fraction of sp³-hybridized carbons (Fsp3) is 0.182. The van der Waals surface area contributed by atoms with E-state index in [-0.39, 0.29) is 18.0 Å². The third-order valence-electron chi connectivity index (χ3n) is 2.10. The van der Waals surface area contributed by atoms with Crippen LogP contribution in [0.4, 0.5) is 0 Å². The second-order valence-electron chi connectivity index (χ2n) is 3.10. The minimum absolute atomic E-state index is 0. The number of fused-ring (bicyclic) bond motifs is 1. The van der Waals surface area contributed by atoms with E-state index in [2.05, 4.69) is 0 Å². The maximum atomic E-state index is 10.7. The Bertz CT molecular complexity index is 399. The summed E-state index contributed by atoms with van der Waals surface area (Å²) in [5.41, 5.74) is 1.20. The van der Waals surface area contributed by atoms with E-state index in [9.17, 15) is 4.79 Å². The largest absolute Gasteiger partial charge is 0.493 e. The number of hydrogen-bond acceptors (Lipinski definition) is 2. The zero-order valence-electron chi connectivity index (χ0n) is 7.97. The molecule has 0 saturated carbocycles.